The van der Waals surface area contributed by atoms with Crippen LogP contribution in [0.2, 0.25) is 0 Å². The Morgan fingerprint density at radius 1 is 0.950 bits per heavy atom. The molecule has 5 heteroatoms. The summed E-state index contributed by atoms with van der Waals surface area (Å²) in [6.45, 7) is 1.19. The molecule has 0 radical (unpaired) electrons. The monoisotopic (exact) mass is 278 g/mol. The molecule has 0 aromatic heterocycles. The quantitative estimate of drug-likeness (QED) is 0.804. The van der Waals surface area contributed by atoms with Crippen LogP contribution in [0.25, 0.3) is 0 Å². The average Bonchev–Trinajstić information content (AvgIpc) is 2.81. The van der Waals surface area contributed by atoms with Crippen molar-refractivity contribution in [1.82, 2.24) is 0 Å². The minimum atomic E-state index is -4.31. The lowest BCUT2D eigenvalue weighted by atomic mass is 10.1. The van der Waals surface area contributed by atoms with Gasteiger partial charge in [0.1, 0.15) is 0 Å². The maximum Gasteiger partial charge on any atom is 0.416 e. The van der Waals surface area contributed by atoms with Gasteiger partial charge in [0.05, 0.1) is 5.56 Å². The molecule has 1 heterocycles. The van der Waals surface area contributed by atoms with E-state index in [2.05, 4.69) is 0 Å². The summed E-state index contributed by atoms with van der Waals surface area (Å²) in [7, 11) is 0. The van der Waals surface area contributed by atoms with Crippen molar-refractivity contribution in [3.63, 3.8) is 0 Å². The topological polar surface area (TPSA) is 29.3 Å². The number of benzene rings is 2. The van der Waals surface area contributed by atoms with Gasteiger partial charge >= 0.3 is 6.18 Å². The van der Waals surface area contributed by atoms with Crippen LogP contribution in [-0.2, 0) is 19.3 Å². The molecule has 0 spiro atoms. The second-order valence-corrected chi connectivity index (χ2v) is 4.93. The molecule has 1 aliphatic rings. The highest BCUT2D eigenvalue weighted by Crippen LogP contribution is 2.34. The van der Waals surface area contributed by atoms with Crippen LogP contribution in [0.5, 0.6) is 0 Å². The van der Waals surface area contributed by atoms with E-state index in [0.29, 0.717) is 24.5 Å². The predicted molar refractivity (Wildman–Crippen MR) is 72.2 cm³/mol. The molecule has 0 atom stereocenters. The Kier molecular flexibility index (Phi) is 2.85. The van der Waals surface area contributed by atoms with Crippen LogP contribution in [0, 0.1) is 0 Å². The van der Waals surface area contributed by atoms with Crippen molar-refractivity contribution in [2.24, 2.45) is 0 Å². The van der Waals surface area contributed by atoms with E-state index >= 15 is 0 Å². The number of hydrogen-bond donors (Lipinski definition) is 1. The second kappa shape index (κ2) is 4.44. The molecule has 0 amide bonds. The van der Waals surface area contributed by atoms with E-state index in [0.717, 1.165) is 17.2 Å². The second-order valence-electron chi connectivity index (χ2n) is 4.93. The lowest BCUT2D eigenvalue weighted by Crippen LogP contribution is -2.15. The predicted octanol–water partition coefficient (Wildman–Crippen LogP) is 3.81. The summed E-state index contributed by atoms with van der Waals surface area (Å²) in [6, 6.07) is 11.0. The number of rotatable bonds is 1. The number of halogens is 3. The lowest BCUT2D eigenvalue weighted by molar-refractivity contribution is -0.137. The minimum absolute atomic E-state index is 0.578. The normalized spacial score (nSPS) is 14.4. The molecule has 0 bridgehead atoms. The van der Waals surface area contributed by atoms with Crippen LogP contribution < -0.4 is 10.6 Å². The minimum Gasteiger partial charge on any atom is -0.399 e. The van der Waals surface area contributed by atoms with E-state index in [-0.39, 0.29) is 0 Å². The third kappa shape index (κ3) is 2.31. The zero-order chi connectivity index (χ0) is 14.3. The summed E-state index contributed by atoms with van der Waals surface area (Å²) in [5, 5.41) is 0. The van der Waals surface area contributed by atoms with Crippen molar-refractivity contribution in [3.05, 3.63) is 59.2 Å². The average molecular weight is 278 g/mol. The van der Waals surface area contributed by atoms with Crippen molar-refractivity contribution in [2.75, 3.05) is 10.6 Å². The smallest absolute Gasteiger partial charge is 0.399 e. The molecule has 0 fully saturated rings. The van der Waals surface area contributed by atoms with E-state index in [1.807, 2.05) is 23.1 Å². The van der Waals surface area contributed by atoms with Crippen LogP contribution in [0.3, 0.4) is 0 Å². The first-order chi connectivity index (χ1) is 9.43. The Labute approximate surface area is 114 Å². The Morgan fingerprint density at radius 2 is 1.70 bits per heavy atom. The molecule has 2 N–H and O–H groups in total. The highest BCUT2D eigenvalue weighted by Gasteiger charge is 2.31. The Bertz CT molecular complexity index is 650. The summed E-state index contributed by atoms with van der Waals surface area (Å²) >= 11 is 0. The fourth-order valence-corrected chi connectivity index (χ4v) is 2.48. The standard InChI is InChI=1S/C15H13F3N2/c16-15(17,18)12-2-1-3-14(7-12)20-8-10-4-5-13(19)6-11(10)9-20/h1-7H,8-9,19H2. The molecule has 1 aliphatic heterocycles. The number of hydrogen-bond acceptors (Lipinski definition) is 2. The highest BCUT2D eigenvalue weighted by atomic mass is 19.4. The molecule has 3 rings (SSSR count). The van der Waals surface area contributed by atoms with E-state index in [1.54, 1.807) is 6.07 Å². The summed E-state index contributed by atoms with van der Waals surface area (Å²) in [5.74, 6) is 0. The zero-order valence-corrected chi connectivity index (χ0v) is 10.6. The first-order valence-corrected chi connectivity index (χ1v) is 6.23. The molecule has 2 nitrogen and oxygen atoms in total. The molecule has 2 aromatic rings. The van der Waals surface area contributed by atoms with Crippen molar-refractivity contribution >= 4 is 11.4 Å². The zero-order valence-electron chi connectivity index (χ0n) is 10.6. The van der Waals surface area contributed by atoms with Gasteiger partial charge in [-0.1, -0.05) is 12.1 Å². The van der Waals surface area contributed by atoms with Crippen molar-refractivity contribution in [1.29, 1.82) is 0 Å². The van der Waals surface area contributed by atoms with Gasteiger partial charge in [-0.2, -0.15) is 13.2 Å². The van der Waals surface area contributed by atoms with Gasteiger partial charge in [0.15, 0.2) is 0 Å². The molecular formula is C15H13F3N2. The molecule has 2 aromatic carbocycles. The number of anilines is 2. The SMILES string of the molecule is Nc1ccc2c(c1)CN(c1cccc(C(F)(F)F)c1)C2. The van der Waals surface area contributed by atoms with E-state index in [9.17, 15) is 13.2 Å². The molecule has 0 aliphatic carbocycles. The van der Waals surface area contributed by atoms with Crippen LogP contribution >= 0.6 is 0 Å². The Morgan fingerprint density at radius 3 is 2.45 bits per heavy atom. The first kappa shape index (κ1) is 12.8. The van der Waals surface area contributed by atoms with Crippen LogP contribution in [0.1, 0.15) is 16.7 Å². The van der Waals surface area contributed by atoms with Crippen LogP contribution in [0.4, 0.5) is 24.5 Å². The van der Waals surface area contributed by atoms with Gasteiger partial charge in [0, 0.05) is 24.5 Å². The fraction of sp³-hybridized carbons (Fsp3) is 0.200. The molecular weight excluding hydrogens is 265 g/mol. The largest absolute Gasteiger partial charge is 0.416 e. The van der Waals surface area contributed by atoms with Crippen LogP contribution in [0.15, 0.2) is 42.5 Å². The van der Waals surface area contributed by atoms with Crippen molar-refractivity contribution in [2.45, 2.75) is 19.3 Å². The lowest BCUT2D eigenvalue weighted by Gasteiger charge is -2.19. The molecule has 0 saturated heterocycles. The maximum absolute atomic E-state index is 12.7. The van der Waals surface area contributed by atoms with Gasteiger partial charge in [-0.15, -0.1) is 0 Å². The number of fused-ring (bicyclic) bond motifs is 1. The third-order valence-corrected chi connectivity index (χ3v) is 3.49. The summed E-state index contributed by atoms with van der Waals surface area (Å²) in [6.07, 6.45) is -4.31. The van der Waals surface area contributed by atoms with Crippen LogP contribution in [-0.4, -0.2) is 0 Å². The van der Waals surface area contributed by atoms with Gasteiger partial charge in [0.25, 0.3) is 0 Å². The Hall–Kier alpha value is -2.17. The highest BCUT2D eigenvalue weighted by molar-refractivity contribution is 5.56. The maximum atomic E-state index is 12.7. The van der Waals surface area contributed by atoms with Crippen molar-refractivity contribution < 1.29 is 13.2 Å². The molecule has 0 saturated carbocycles. The van der Waals surface area contributed by atoms with Gasteiger partial charge in [-0.25, -0.2) is 0 Å². The number of nitrogens with two attached hydrogens (primary N) is 1. The van der Waals surface area contributed by atoms with E-state index in [4.69, 9.17) is 5.73 Å². The van der Waals surface area contributed by atoms with Gasteiger partial charge < -0.3 is 10.6 Å². The van der Waals surface area contributed by atoms with Gasteiger partial charge in [0.2, 0.25) is 0 Å². The summed E-state index contributed by atoms with van der Waals surface area (Å²) < 4.78 is 38.2. The number of alkyl halides is 3. The third-order valence-electron chi connectivity index (χ3n) is 3.49. The molecule has 0 unspecified atom stereocenters. The first-order valence-electron chi connectivity index (χ1n) is 6.23. The van der Waals surface area contributed by atoms with Crippen molar-refractivity contribution in [3.8, 4) is 0 Å². The number of nitrogens with zero attached hydrogens (tertiary/aromatic N) is 1. The Balaban J connectivity index is 1.89. The fourth-order valence-electron chi connectivity index (χ4n) is 2.48. The van der Waals surface area contributed by atoms with Gasteiger partial charge in [-0.05, 0) is 41.5 Å². The molecule has 20 heavy (non-hydrogen) atoms. The summed E-state index contributed by atoms with van der Waals surface area (Å²) in [4.78, 5) is 1.92. The summed E-state index contributed by atoms with van der Waals surface area (Å²) in [5.41, 5.74) is 8.54. The van der Waals surface area contributed by atoms with E-state index in [1.165, 1.54) is 12.1 Å². The molecule has 104 valence electrons. The van der Waals surface area contributed by atoms with E-state index < -0.39 is 11.7 Å². The number of nitrogen functional groups attached to an aromatic ring is 1. The van der Waals surface area contributed by atoms with Gasteiger partial charge in [-0.3, -0.25) is 0 Å².